The van der Waals surface area contributed by atoms with Gasteiger partial charge in [-0.1, -0.05) is 23.9 Å². The number of thiophene rings is 1. The summed E-state index contributed by atoms with van der Waals surface area (Å²) >= 11 is 3.02. The van der Waals surface area contributed by atoms with Crippen LogP contribution in [0.25, 0.3) is 10.1 Å². The zero-order valence-corrected chi connectivity index (χ0v) is 23.6. The summed E-state index contributed by atoms with van der Waals surface area (Å²) in [6.45, 7) is -3.47. The summed E-state index contributed by atoms with van der Waals surface area (Å²) in [6.07, 6.45) is 2.30. The van der Waals surface area contributed by atoms with Crippen LogP contribution in [0.5, 0.6) is 11.5 Å². The van der Waals surface area contributed by atoms with Gasteiger partial charge in [-0.25, -0.2) is 0 Å². The standard InChI is InChI=1S/C29H24F2N4O5S2/c30-29(31)39-18-11-20(28(38)33-13-19-9-17-12-32-8-7-23(17)41-19)35(15-18)26(36)14-34-27(37)16-5-6-25-22(10-16)40-21-3-1-2-4-24(21)42-25/h1-10,12,18,20,29H,11,13-15H2,(H,33,38)(H,34,37)/t18-,20?/m1/s1. The van der Waals surface area contributed by atoms with Crippen LogP contribution in [0.15, 0.2) is 76.8 Å². The third kappa shape index (κ3) is 6.08. The number of nitrogens with one attached hydrogen (secondary N) is 2. The Kier molecular flexibility index (Phi) is 8.05. The minimum absolute atomic E-state index is 0.0898. The van der Waals surface area contributed by atoms with E-state index in [-0.39, 0.29) is 25.1 Å². The molecule has 2 aliphatic rings. The van der Waals surface area contributed by atoms with Crippen LogP contribution >= 0.6 is 23.1 Å². The number of alkyl halides is 2. The highest BCUT2D eigenvalue weighted by atomic mass is 32.2. The van der Waals surface area contributed by atoms with Crippen LogP contribution in [0.2, 0.25) is 0 Å². The van der Waals surface area contributed by atoms with Crippen LogP contribution in [-0.2, 0) is 20.9 Å². The fraction of sp³-hybridized carbons (Fsp3) is 0.241. The molecule has 2 atom stereocenters. The zero-order valence-electron chi connectivity index (χ0n) is 21.9. The number of halogens is 2. The fourth-order valence-corrected chi connectivity index (χ4v) is 6.82. The Morgan fingerprint density at radius 1 is 1.07 bits per heavy atom. The molecule has 2 aromatic heterocycles. The van der Waals surface area contributed by atoms with E-state index < -0.39 is 43.0 Å². The Morgan fingerprint density at radius 3 is 2.74 bits per heavy atom. The Bertz CT molecular complexity index is 1630. The van der Waals surface area contributed by atoms with Gasteiger partial charge in [0.15, 0.2) is 0 Å². The molecule has 0 aliphatic carbocycles. The van der Waals surface area contributed by atoms with E-state index in [9.17, 15) is 23.2 Å². The van der Waals surface area contributed by atoms with Crippen LogP contribution in [0.4, 0.5) is 8.78 Å². The number of ether oxygens (including phenoxy) is 2. The molecule has 1 unspecified atom stereocenters. The van der Waals surface area contributed by atoms with E-state index in [0.717, 1.165) is 24.8 Å². The Balaban J connectivity index is 1.09. The van der Waals surface area contributed by atoms with Gasteiger partial charge in [0.05, 0.1) is 29.0 Å². The van der Waals surface area contributed by atoms with Crippen LogP contribution in [0.3, 0.4) is 0 Å². The highest BCUT2D eigenvalue weighted by molar-refractivity contribution is 7.99. The number of carbonyl (C=O) groups excluding carboxylic acids is 3. The molecule has 4 aromatic rings. The van der Waals surface area contributed by atoms with Crippen LogP contribution < -0.4 is 15.4 Å². The molecule has 2 aliphatic heterocycles. The molecule has 0 radical (unpaired) electrons. The highest BCUT2D eigenvalue weighted by Crippen LogP contribution is 2.46. The summed E-state index contributed by atoms with van der Waals surface area (Å²) in [7, 11) is 0. The van der Waals surface area contributed by atoms with Crippen LogP contribution in [0, 0.1) is 0 Å². The molecular weight excluding hydrogens is 586 g/mol. The van der Waals surface area contributed by atoms with Crippen molar-refractivity contribution in [1.82, 2.24) is 20.5 Å². The van der Waals surface area contributed by atoms with Gasteiger partial charge in [0.25, 0.3) is 5.91 Å². The average Bonchev–Trinajstić information content (AvgIpc) is 3.61. The van der Waals surface area contributed by atoms with Gasteiger partial charge in [-0.05, 0) is 42.5 Å². The second kappa shape index (κ2) is 12.0. The van der Waals surface area contributed by atoms with Gasteiger partial charge >= 0.3 is 6.61 Å². The van der Waals surface area contributed by atoms with E-state index in [1.54, 1.807) is 30.6 Å². The van der Waals surface area contributed by atoms with Crippen molar-refractivity contribution in [3.05, 3.63) is 77.4 Å². The lowest BCUT2D eigenvalue weighted by atomic mass is 10.1. The number of hydrogen-bond donors (Lipinski definition) is 2. The summed E-state index contributed by atoms with van der Waals surface area (Å²) in [6, 6.07) is 15.3. The number of likely N-dealkylation sites (tertiary alicyclic amines) is 1. The lowest BCUT2D eigenvalue weighted by Gasteiger charge is -2.24. The minimum atomic E-state index is -3.04. The monoisotopic (exact) mass is 610 g/mol. The van der Waals surface area contributed by atoms with E-state index in [1.165, 1.54) is 28.0 Å². The first-order chi connectivity index (χ1) is 20.3. The van der Waals surface area contributed by atoms with Gasteiger partial charge < -0.3 is 25.0 Å². The molecule has 2 N–H and O–H groups in total. The van der Waals surface area contributed by atoms with E-state index in [2.05, 4.69) is 20.4 Å². The molecule has 42 heavy (non-hydrogen) atoms. The van der Waals surface area contributed by atoms with Crippen LogP contribution in [0.1, 0.15) is 21.7 Å². The fourth-order valence-electron chi connectivity index (χ4n) is 4.91. The normalized spacial score (nSPS) is 17.5. The molecule has 9 nitrogen and oxygen atoms in total. The lowest BCUT2D eigenvalue weighted by molar-refractivity contribution is -0.160. The number of fused-ring (bicyclic) bond motifs is 3. The van der Waals surface area contributed by atoms with Crippen molar-refractivity contribution in [3.63, 3.8) is 0 Å². The maximum atomic E-state index is 13.1. The highest BCUT2D eigenvalue weighted by Gasteiger charge is 2.41. The molecule has 3 amide bonds. The molecule has 0 bridgehead atoms. The summed E-state index contributed by atoms with van der Waals surface area (Å²) < 4.78 is 37.5. The summed E-state index contributed by atoms with van der Waals surface area (Å²) in [5.74, 6) is -0.383. The first-order valence-corrected chi connectivity index (χ1v) is 14.7. The minimum Gasteiger partial charge on any atom is -0.455 e. The largest absolute Gasteiger partial charge is 0.455 e. The van der Waals surface area contributed by atoms with Gasteiger partial charge in [-0.15, -0.1) is 11.3 Å². The topological polar surface area (TPSA) is 110 Å². The molecule has 4 heterocycles. The molecule has 2 aromatic carbocycles. The van der Waals surface area contributed by atoms with Crippen molar-refractivity contribution in [1.29, 1.82) is 0 Å². The van der Waals surface area contributed by atoms with E-state index in [1.807, 2.05) is 36.4 Å². The second-order valence-electron chi connectivity index (χ2n) is 9.66. The molecule has 13 heteroatoms. The van der Waals surface area contributed by atoms with Gasteiger partial charge in [0.1, 0.15) is 17.5 Å². The number of aromatic nitrogens is 1. The van der Waals surface area contributed by atoms with Gasteiger partial charge in [-0.2, -0.15) is 8.78 Å². The second-order valence-corrected chi connectivity index (χ2v) is 11.9. The number of rotatable bonds is 8. The summed E-state index contributed by atoms with van der Waals surface area (Å²) in [5, 5.41) is 6.31. The smallest absolute Gasteiger partial charge is 0.345 e. The Morgan fingerprint density at radius 2 is 1.90 bits per heavy atom. The number of benzene rings is 2. The van der Waals surface area contributed by atoms with Crippen molar-refractivity contribution in [2.45, 2.75) is 41.5 Å². The first kappa shape index (κ1) is 28.1. The zero-order chi connectivity index (χ0) is 29.2. The van der Waals surface area contributed by atoms with E-state index >= 15 is 0 Å². The number of para-hydroxylation sites is 1. The van der Waals surface area contributed by atoms with Crippen molar-refractivity contribution in [2.75, 3.05) is 13.1 Å². The maximum absolute atomic E-state index is 13.1. The van der Waals surface area contributed by atoms with Crippen molar-refractivity contribution < 1.29 is 32.6 Å². The number of carbonyl (C=O) groups is 3. The number of pyridine rings is 1. The van der Waals surface area contributed by atoms with Gasteiger partial charge in [0, 0.05) is 45.9 Å². The lowest BCUT2D eigenvalue weighted by Crippen LogP contribution is -2.48. The maximum Gasteiger partial charge on any atom is 0.345 e. The number of nitrogens with zero attached hydrogens (tertiary/aromatic N) is 2. The summed E-state index contributed by atoms with van der Waals surface area (Å²) in [5.41, 5.74) is 0.287. The quantitative estimate of drug-likeness (QED) is 0.260. The first-order valence-electron chi connectivity index (χ1n) is 13.0. The van der Waals surface area contributed by atoms with E-state index in [4.69, 9.17) is 4.74 Å². The third-order valence-electron chi connectivity index (χ3n) is 6.88. The predicted molar refractivity (Wildman–Crippen MR) is 152 cm³/mol. The molecule has 216 valence electrons. The summed E-state index contributed by atoms with van der Waals surface area (Å²) in [4.78, 5) is 47.1. The van der Waals surface area contributed by atoms with E-state index in [0.29, 0.717) is 11.5 Å². The predicted octanol–water partition coefficient (Wildman–Crippen LogP) is 4.81. The third-order valence-corrected chi connectivity index (χ3v) is 9.11. The molecule has 1 fully saturated rings. The average molecular weight is 611 g/mol. The Hall–Kier alpha value is -4.07. The van der Waals surface area contributed by atoms with Gasteiger partial charge in [0.2, 0.25) is 11.8 Å². The van der Waals surface area contributed by atoms with Crippen molar-refractivity contribution >= 4 is 50.9 Å². The van der Waals surface area contributed by atoms with Crippen molar-refractivity contribution in [3.8, 4) is 11.5 Å². The molecule has 0 saturated carbocycles. The molecular formula is C29H24F2N4O5S2. The number of amides is 3. The molecule has 1 saturated heterocycles. The Labute approximate surface area is 247 Å². The molecule has 0 spiro atoms. The SMILES string of the molecule is O=C(NCC(=O)N1C[C@H](OC(F)F)CC1C(=O)NCc1cc2cnccc2s1)c1ccc2c(c1)Oc1ccccc1S2. The van der Waals surface area contributed by atoms with Crippen molar-refractivity contribution in [2.24, 2.45) is 0 Å². The molecule has 6 rings (SSSR count). The number of hydrogen-bond acceptors (Lipinski definition) is 8. The van der Waals surface area contributed by atoms with Gasteiger partial charge in [-0.3, -0.25) is 19.4 Å². The van der Waals surface area contributed by atoms with Crippen LogP contribution in [-0.4, -0.2) is 59.5 Å².